The first-order chi connectivity index (χ1) is 27.0. The molecule has 2 heterocycles. The number of hydrogen-bond donors (Lipinski definition) is 1. The topological polar surface area (TPSA) is 181 Å². The Morgan fingerprint density at radius 2 is 1.07 bits per heavy atom. The summed E-state index contributed by atoms with van der Waals surface area (Å²) in [4.78, 5) is 48.9. The van der Waals surface area contributed by atoms with Crippen molar-refractivity contribution in [2.24, 2.45) is 0 Å². The fourth-order valence-electron chi connectivity index (χ4n) is 6.42. The minimum absolute atomic E-state index is 0.119. The van der Waals surface area contributed by atoms with Gasteiger partial charge in [-0.05, 0) is 16.7 Å². The van der Waals surface area contributed by atoms with E-state index in [-0.39, 0.29) is 26.4 Å². The Bertz CT molecular complexity index is 1690. The molecule has 56 heavy (non-hydrogen) atoms. The van der Waals surface area contributed by atoms with Crippen LogP contribution in [0.5, 0.6) is 0 Å². The molecular weight excluding hydrogens is 732 g/mol. The van der Waals surface area contributed by atoms with E-state index >= 15 is 0 Å². The highest BCUT2D eigenvalue weighted by Gasteiger charge is 2.57. The number of carbonyl (C=O) groups excluding carboxylic acids is 4. The SMILES string of the molecule is CC(=O)OCC(OC(C)=O)[C@@H]1O[C@@H](OC(COCc2ccccc2)[C@@H]2O[C@@H](O)[C@H](OCc3ccccc3)[C@H]2OCc2ccccc2)[C@H](OC(C)=O)[C@H]1OC(C)=O. The molecule has 2 saturated heterocycles. The molecule has 1 N–H and O–H groups in total. The largest absolute Gasteiger partial charge is 0.462 e. The van der Waals surface area contributed by atoms with E-state index in [1.165, 1.54) is 6.92 Å². The standard InChI is InChI=1S/C41H48O15/c1-25(42)48-24-33(51-26(2)43)35-37(52-27(3)44)39(53-28(4)45)41(56-35)54-32(23-47-20-29-14-8-5-9-15-29)34-36(49-21-30-16-10-6-11-17-30)38(40(46)55-34)50-22-31-18-12-7-13-19-31/h5-19,32-41,46H,20-24H2,1-4H3/t32?,33?,34-,35-,36-,37-,38+,39+,40+,41+/m0/s1. The molecule has 302 valence electrons. The summed E-state index contributed by atoms with van der Waals surface area (Å²) in [6.45, 7) is 4.36. The Kier molecular flexibility index (Phi) is 15.9. The molecule has 10 atom stereocenters. The van der Waals surface area contributed by atoms with Gasteiger partial charge >= 0.3 is 23.9 Å². The zero-order chi connectivity index (χ0) is 40.0. The second-order valence-electron chi connectivity index (χ2n) is 13.3. The van der Waals surface area contributed by atoms with E-state index in [1.54, 1.807) is 0 Å². The van der Waals surface area contributed by atoms with Crippen LogP contribution in [0.25, 0.3) is 0 Å². The van der Waals surface area contributed by atoms with Crippen LogP contribution in [0.1, 0.15) is 44.4 Å². The number of carbonyl (C=O) groups is 4. The molecule has 0 aromatic heterocycles. The minimum Gasteiger partial charge on any atom is -0.462 e. The van der Waals surface area contributed by atoms with Gasteiger partial charge in [0.2, 0.25) is 0 Å². The summed E-state index contributed by atoms with van der Waals surface area (Å²) < 4.78 is 59.7. The highest BCUT2D eigenvalue weighted by molar-refractivity contribution is 5.68. The van der Waals surface area contributed by atoms with E-state index < -0.39 is 91.9 Å². The summed E-state index contributed by atoms with van der Waals surface area (Å²) in [5.41, 5.74) is 2.56. The quantitative estimate of drug-likeness (QED) is 0.138. The summed E-state index contributed by atoms with van der Waals surface area (Å²) in [7, 11) is 0. The van der Waals surface area contributed by atoms with Crippen molar-refractivity contribution in [1.29, 1.82) is 0 Å². The van der Waals surface area contributed by atoms with Crippen LogP contribution in [0.3, 0.4) is 0 Å². The lowest BCUT2D eigenvalue weighted by Crippen LogP contribution is -2.49. The lowest BCUT2D eigenvalue weighted by molar-refractivity contribution is -0.248. The normalized spacial score (nSPS) is 25.5. The molecule has 2 unspecified atom stereocenters. The van der Waals surface area contributed by atoms with Crippen LogP contribution >= 0.6 is 0 Å². The first-order valence-corrected chi connectivity index (χ1v) is 18.2. The molecule has 3 aromatic rings. The van der Waals surface area contributed by atoms with Gasteiger partial charge in [-0.1, -0.05) is 91.0 Å². The Balaban J connectivity index is 1.48. The predicted octanol–water partition coefficient (Wildman–Crippen LogP) is 3.56. The van der Waals surface area contributed by atoms with E-state index in [2.05, 4.69) is 0 Å². The maximum absolute atomic E-state index is 12.5. The number of aliphatic hydroxyl groups excluding tert-OH is 1. The molecule has 2 aliphatic heterocycles. The zero-order valence-corrected chi connectivity index (χ0v) is 31.6. The highest BCUT2D eigenvalue weighted by Crippen LogP contribution is 2.36. The number of hydrogen-bond acceptors (Lipinski definition) is 15. The molecule has 15 heteroatoms. The van der Waals surface area contributed by atoms with Crippen molar-refractivity contribution in [3.8, 4) is 0 Å². The molecule has 0 bridgehead atoms. The molecule has 15 nitrogen and oxygen atoms in total. The third-order valence-corrected chi connectivity index (χ3v) is 8.81. The number of benzene rings is 3. The lowest BCUT2D eigenvalue weighted by atomic mass is 10.0. The third-order valence-electron chi connectivity index (χ3n) is 8.81. The molecule has 2 aliphatic rings. The fourth-order valence-corrected chi connectivity index (χ4v) is 6.42. The van der Waals surface area contributed by atoms with Crippen LogP contribution in [0, 0.1) is 0 Å². The fraction of sp³-hybridized carbons (Fsp3) is 0.463. The summed E-state index contributed by atoms with van der Waals surface area (Å²) >= 11 is 0. The smallest absolute Gasteiger partial charge is 0.303 e. The summed E-state index contributed by atoms with van der Waals surface area (Å²) in [5.74, 6) is -2.96. The second-order valence-corrected chi connectivity index (χ2v) is 13.3. The molecule has 3 aromatic carbocycles. The highest BCUT2D eigenvalue weighted by atomic mass is 16.8. The van der Waals surface area contributed by atoms with Crippen molar-refractivity contribution in [3.05, 3.63) is 108 Å². The summed E-state index contributed by atoms with van der Waals surface area (Å²) in [6, 6.07) is 28.2. The first kappa shape index (κ1) is 42.4. The minimum atomic E-state index is -1.51. The van der Waals surface area contributed by atoms with E-state index in [0.717, 1.165) is 37.5 Å². The van der Waals surface area contributed by atoms with E-state index in [1.807, 2.05) is 91.0 Å². The van der Waals surface area contributed by atoms with Crippen molar-refractivity contribution < 1.29 is 71.7 Å². The van der Waals surface area contributed by atoms with Crippen LogP contribution in [-0.4, -0.2) is 104 Å². The molecule has 0 aliphatic carbocycles. The van der Waals surface area contributed by atoms with Gasteiger partial charge in [0.25, 0.3) is 0 Å². The van der Waals surface area contributed by atoms with Crippen LogP contribution in [0.15, 0.2) is 91.0 Å². The summed E-state index contributed by atoms with van der Waals surface area (Å²) in [5, 5.41) is 11.4. The molecule has 0 radical (unpaired) electrons. The van der Waals surface area contributed by atoms with Gasteiger partial charge in [0.05, 0.1) is 26.4 Å². The molecule has 2 fully saturated rings. The van der Waals surface area contributed by atoms with Gasteiger partial charge in [0, 0.05) is 27.7 Å². The van der Waals surface area contributed by atoms with E-state index in [4.69, 9.17) is 47.4 Å². The van der Waals surface area contributed by atoms with Crippen LogP contribution in [0.2, 0.25) is 0 Å². The maximum atomic E-state index is 12.5. The van der Waals surface area contributed by atoms with Gasteiger partial charge in [-0.25, -0.2) is 0 Å². The van der Waals surface area contributed by atoms with Gasteiger partial charge in [0.15, 0.2) is 30.9 Å². The first-order valence-electron chi connectivity index (χ1n) is 18.2. The van der Waals surface area contributed by atoms with Gasteiger partial charge in [-0.3, -0.25) is 19.2 Å². The van der Waals surface area contributed by atoms with Crippen molar-refractivity contribution in [2.45, 2.75) is 109 Å². The molecule has 5 rings (SSSR count). The lowest BCUT2D eigenvalue weighted by Gasteiger charge is -2.32. The average Bonchev–Trinajstić information content (AvgIpc) is 3.66. The van der Waals surface area contributed by atoms with Crippen molar-refractivity contribution in [3.63, 3.8) is 0 Å². The van der Waals surface area contributed by atoms with E-state index in [0.29, 0.717) is 0 Å². The van der Waals surface area contributed by atoms with Crippen LogP contribution < -0.4 is 0 Å². The molecular formula is C41H48O15. The molecule has 0 spiro atoms. The maximum Gasteiger partial charge on any atom is 0.303 e. The Labute approximate surface area is 325 Å². The monoisotopic (exact) mass is 780 g/mol. The average molecular weight is 781 g/mol. The Hall–Kier alpha value is -4.74. The summed E-state index contributed by atoms with van der Waals surface area (Å²) in [6.07, 6.45) is -12.6. The van der Waals surface area contributed by atoms with Gasteiger partial charge in [-0.2, -0.15) is 0 Å². The number of ether oxygens (including phenoxy) is 10. The van der Waals surface area contributed by atoms with Gasteiger partial charge < -0.3 is 52.5 Å². The number of rotatable bonds is 19. The van der Waals surface area contributed by atoms with Crippen LogP contribution in [0.4, 0.5) is 0 Å². The van der Waals surface area contributed by atoms with Gasteiger partial charge in [-0.15, -0.1) is 0 Å². The number of aliphatic hydroxyl groups is 1. The van der Waals surface area contributed by atoms with Crippen LogP contribution in [-0.2, 0) is 86.4 Å². The van der Waals surface area contributed by atoms with Crippen molar-refractivity contribution in [2.75, 3.05) is 13.2 Å². The predicted molar refractivity (Wildman–Crippen MR) is 194 cm³/mol. The molecule has 0 saturated carbocycles. The second kappa shape index (κ2) is 21.0. The Morgan fingerprint density at radius 3 is 1.59 bits per heavy atom. The van der Waals surface area contributed by atoms with E-state index in [9.17, 15) is 24.3 Å². The van der Waals surface area contributed by atoms with Crippen molar-refractivity contribution in [1.82, 2.24) is 0 Å². The molecule has 0 amide bonds. The zero-order valence-electron chi connectivity index (χ0n) is 31.6. The van der Waals surface area contributed by atoms with Gasteiger partial charge in [0.1, 0.15) is 37.1 Å². The number of esters is 4. The Morgan fingerprint density at radius 1 is 0.571 bits per heavy atom. The third kappa shape index (κ3) is 12.4. The van der Waals surface area contributed by atoms with Crippen molar-refractivity contribution >= 4 is 23.9 Å².